The first-order valence-corrected chi connectivity index (χ1v) is 1.79. The van der Waals surface area contributed by atoms with Crippen LogP contribution in [0.4, 0.5) is 0 Å². The van der Waals surface area contributed by atoms with Gasteiger partial charge in [-0.15, -0.1) is 0 Å². The van der Waals surface area contributed by atoms with Crippen LogP contribution in [0.15, 0.2) is 17.3 Å². The van der Waals surface area contributed by atoms with Crippen LogP contribution in [-0.2, 0) is 9.63 Å². The van der Waals surface area contributed by atoms with E-state index in [9.17, 15) is 4.79 Å². The molecule has 0 unspecified atom stereocenters. The zero-order chi connectivity index (χ0) is 6.57. The minimum atomic E-state index is -0.764. The third-order valence-electron chi connectivity index (χ3n) is 0.534. The third-order valence-corrected chi connectivity index (χ3v) is 0.534. The number of rotatable bonds is 2. The van der Waals surface area contributed by atoms with Gasteiger partial charge in [0, 0.05) is 0 Å². The van der Waals surface area contributed by atoms with Crippen molar-refractivity contribution in [3.63, 3.8) is 0 Å². The molecule has 0 bridgehead atoms. The lowest BCUT2D eigenvalue weighted by Gasteiger charge is -1.91. The Morgan fingerprint density at radius 2 is 2.25 bits per heavy atom. The van der Waals surface area contributed by atoms with E-state index in [1.165, 1.54) is 0 Å². The van der Waals surface area contributed by atoms with Crippen molar-refractivity contribution in [1.82, 2.24) is 0 Å². The molecular formula is C4H6N2O2. The molecule has 0 spiro atoms. The smallest absolute Gasteiger partial charge is 0.369 e. The third kappa shape index (κ3) is 1.53. The summed E-state index contributed by atoms with van der Waals surface area (Å²) >= 11 is 0. The Balaban J connectivity index is 3.82. The van der Waals surface area contributed by atoms with Gasteiger partial charge in [-0.3, -0.25) is 4.99 Å². The van der Waals surface area contributed by atoms with Gasteiger partial charge in [-0.2, -0.15) is 5.90 Å². The van der Waals surface area contributed by atoms with Crippen LogP contribution >= 0.6 is 0 Å². The Morgan fingerprint density at radius 1 is 1.75 bits per heavy atom. The van der Waals surface area contributed by atoms with Crippen LogP contribution in [0.3, 0.4) is 0 Å². The van der Waals surface area contributed by atoms with Crippen LogP contribution in [0.5, 0.6) is 0 Å². The highest BCUT2D eigenvalue weighted by molar-refractivity contribution is 5.87. The summed E-state index contributed by atoms with van der Waals surface area (Å²) in [5, 5.41) is 0. The number of carbonyl (C=O) groups excluding carboxylic acids is 1. The molecule has 44 valence electrons. The Kier molecular flexibility index (Phi) is 2.50. The van der Waals surface area contributed by atoms with E-state index in [4.69, 9.17) is 0 Å². The number of nitrogens with two attached hydrogens (primary N) is 1. The summed E-state index contributed by atoms with van der Waals surface area (Å²) in [6, 6.07) is 0. The predicted molar refractivity (Wildman–Crippen MR) is 29.0 cm³/mol. The highest BCUT2D eigenvalue weighted by Crippen LogP contribution is 1.89. The Hall–Kier alpha value is -1.16. The number of nitrogens with zero attached hydrogens (tertiary/aromatic N) is 1. The highest BCUT2D eigenvalue weighted by atomic mass is 16.7. The van der Waals surface area contributed by atoms with E-state index in [-0.39, 0.29) is 5.70 Å². The normalized spacial score (nSPS) is 7.62. The number of hydrogen-bond donors (Lipinski definition) is 1. The van der Waals surface area contributed by atoms with Crippen LogP contribution in [0.25, 0.3) is 0 Å². The molecule has 0 saturated carbocycles. The van der Waals surface area contributed by atoms with Crippen LogP contribution in [0.1, 0.15) is 0 Å². The van der Waals surface area contributed by atoms with Gasteiger partial charge < -0.3 is 4.84 Å². The average Bonchev–Trinajstić information content (AvgIpc) is 1.84. The molecule has 0 aliphatic heterocycles. The van der Waals surface area contributed by atoms with Crippen molar-refractivity contribution < 1.29 is 9.63 Å². The lowest BCUT2D eigenvalue weighted by Crippen LogP contribution is -2.10. The van der Waals surface area contributed by atoms with Crippen molar-refractivity contribution in [2.75, 3.05) is 0 Å². The quantitative estimate of drug-likeness (QED) is 0.302. The minimum absolute atomic E-state index is 0.0903. The van der Waals surface area contributed by atoms with Crippen molar-refractivity contribution in [2.24, 2.45) is 10.9 Å². The minimum Gasteiger partial charge on any atom is -0.369 e. The van der Waals surface area contributed by atoms with Crippen LogP contribution < -0.4 is 5.90 Å². The second-order valence-corrected chi connectivity index (χ2v) is 1.01. The Bertz CT molecular complexity index is 130. The molecule has 0 saturated heterocycles. The van der Waals surface area contributed by atoms with Crippen LogP contribution in [0.2, 0.25) is 0 Å². The molecule has 0 aliphatic rings. The highest BCUT2D eigenvalue weighted by Gasteiger charge is 2.01. The molecule has 4 nitrogen and oxygen atoms in total. The number of aliphatic imine (C=N–C) groups is 1. The van der Waals surface area contributed by atoms with Crippen molar-refractivity contribution in [3.05, 3.63) is 12.3 Å². The molecule has 0 rings (SSSR count). The van der Waals surface area contributed by atoms with E-state index in [0.29, 0.717) is 0 Å². The second-order valence-electron chi connectivity index (χ2n) is 1.01. The van der Waals surface area contributed by atoms with E-state index in [2.05, 4.69) is 29.0 Å². The van der Waals surface area contributed by atoms with E-state index in [0.717, 1.165) is 0 Å². The van der Waals surface area contributed by atoms with Gasteiger partial charge in [-0.25, -0.2) is 4.79 Å². The molecule has 2 N–H and O–H groups in total. The molecule has 0 aromatic heterocycles. The first kappa shape index (κ1) is 6.84. The van der Waals surface area contributed by atoms with Crippen molar-refractivity contribution in [3.8, 4) is 0 Å². The molecule has 0 amide bonds. The molecule has 0 aromatic carbocycles. The van der Waals surface area contributed by atoms with Gasteiger partial charge in [0.15, 0.2) is 0 Å². The maximum absolute atomic E-state index is 10.2. The van der Waals surface area contributed by atoms with Gasteiger partial charge in [-0.05, 0) is 6.72 Å². The predicted octanol–water partition coefficient (Wildman–Crippen LogP) is -0.382. The van der Waals surface area contributed by atoms with Crippen LogP contribution in [0, 0.1) is 0 Å². The van der Waals surface area contributed by atoms with E-state index in [1.54, 1.807) is 0 Å². The van der Waals surface area contributed by atoms with E-state index in [1.807, 2.05) is 0 Å². The molecule has 8 heavy (non-hydrogen) atoms. The average molecular weight is 114 g/mol. The molecular weight excluding hydrogens is 108 g/mol. The Labute approximate surface area is 46.6 Å². The molecule has 0 fully saturated rings. The largest absolute Gasteiger partial charge is 0.374 e. The summed E-state index contributed by atoms with van der Waals surface area (Å²) in [6.45, 7) is 6.18. The van der Waals surface area contributed by atoms with Gasteiger partial charge in [-0.1, -0.05) is 6.58 Å². The van der Waals surface area contributed by atoms with Crippen molar-refractivity contribution in [1.29, 1.82) is 0 Å². The van der Waals surface area contributed by atoms with E-state index >= 15 is 0 Å². The molecule has 0 aromatic rings. The van der Waals surface area contributed by atoms with Gasteiger partial charge in [0.2, 0.25) is 0 Å². The first-order chi connectivity index (χ1) is 3.72. The Morgan fingerprint density at radius 3 is 2.38 bits per heavy atom. The SMILES string of the molecule is C=NC(=C)C(=O)ON. The maximum Gasteiger partial charge on any atom is 0.374 e. The van der Waals surface area contributed by atoms with Crippen molar-refractivity contribution in [2.45, 2.75) is 0 Å². The molecule has 0 heterocycles. The summed E-state index contributed by atoms with van der Waals surface area (Å²) in [5.74, 6) is 3.69. The lowest BCUT2D eigenvalue weighted by molar-refractivity contribution is -0.139. The standard InChI is InChI=1S/C4H6N2O2/c1-3(6-2)4(7)8-5/h1-2,5H2. The summed E-state index contributed by atoms with van der Waals surface area (Å²) in [7, 11) is 0. The maximum atomic E-state index is 10.2. The number of hydrogen-bond acceptors (Lipinski definition) is 4. The fraction of sp³-hybridized carbons (Fsp3) is 0. The van der Waals surface area contributed by atoms with Gasteiger partial charge >= 0.3 is 5.97 Å². The van der Waals surface area contributed by atoms with Gasteiger partial charge in [0.05, 0.1) is 0 Å². The zero-order valence-electron chi connectivity index (χ0n) is 4.26. The van der Waals surface area contributed by atoms with Crippen LogP contribution in [-0.4, -0.2) is 12.7 Å². The fourth-order valence-electron chi connectivity index (χ4n) is 0.133. The van der Waals surface area contributed by atoms with Gasteiger partial charge in [0.1, 0.15) is 5.70 Å². The lowest BCUT2D eigenvalue weighted by atomic mass is 10.5. The van der Waals surface area contributed by atoms with Gasteiger partial charge in [0.25, 0.3) is 0 Å². The zero-order valence-corrected chi connectivity index (χ0v) is 4.26. The molecule has 0 radical (unpaired) electrons. The monoisotopic (exact) mass is 114 g/mol. The topological polar surface area (TPSA) is 64.7 Å². The second kappa shape index (κ2) is 2.92. The number of carbonyl (C=O) groups is 1. The summed E-state index contributed by atoms with van der Waals surface area (Å²) in [5.41, 5.74) is -0.0903. The van der Waals surface area contributed by atoms with E-state index < -0.39 is 5.97 Å². The summed E-state index contributed by atoms with van der Waals surface area (Å²) in [4.78, 5) is 17.1. The first-order valence-electron chi connectivity index (χ1n) is 1.79. The summed E-state index contributed by atoms with van der Waals surface area (Å²) in [6.07, 6.45) is 0. The van der Waals surface area contributed by atoms with Crippen molar-refractivity contribution >= 4 is 12.7 Å². The summed E-state index contributed by atoms with van der Waals surface area (Å²) < 4.78 is 0. The molecule has 0 aliphatic carbocycles. The fourth-order valence-corrected chi connectivity index (χ4v) is 0.133. The molecule has 4 heteroatoms. The molecule has 0 atom stereocenters.